The van der Waals surface area contributed by atoms with Crippen LogP contribution in [0.5, 0.6) is 0 Å². The van der Waals surface area contributed by atoms with E-state index in [1.807, 2.05) is 24.3 Å². The zero-order valence-corrected chi connectivity index (χ0v) is 18.7. The van der Waals surface area contributed by atoms with Crippen LogP contribution in [0.25, 0.3) is 10.9 Å². The van der Waals surface area contributed by atoms with Crippen molar-refractivity contribution in [3.05, 3.63) is 69.3 Å². The van der Waals surface area contributed by atoms with Crippen LogP contribution in [0, 0.1) is 6.92 Å². The second-order valence-electron chi connectivity index (χ2n) is 8.26. The number of nitrogens with one attached hydrogen (secondary N) is 1. The van der Waals surface area contributed by atoms with E-state index in [4.69, 9.17) is 0 Å². The summed E-state index contributed by atoms with van der Waals surface area (Å²) in [6.07, 6.45) is 5.09. The molecule has 1 amide bonds. The molecule has 0 saturated carbocycles. The predicted molar refractivity (Wildman–Crippen MR) is 124 cm³/mol. The molecule has 30 heavy (non-hydrogen) atoms. The molecule has 2 aromatic carbocycles. The molecule has 0 unspecified atom stereocenters. The average molecular weight is 465 g/mol. The lowest BCUT2D eigenvalue weighted by molar-refractivity contribution is -0.123. The Bertz CT molecular complexity index is 1150. The van der Waals surface area contributed by atoms with Crippen LogP contribution < -0.4 is 5.43 Å². The van der Waals surface area contributed by atoms with Crippen molar-refractivity contribution in [2.75, 3.05) is 13.1 Å². The number of fused-ring (bicyclic) bond motifs is 3. The Morgan fingerprint density at radius 2 is 2.17 bits per heavy atom. The van der Waals surface area contributed by atoms with Crippen molar-refractivity contribution in [2.45, 2.75) is 38.8 Å². The van der Waals surface area contributed by atoms with Gasteiger partial charge in [-0.15, -0.1) is 0 Å². The van der Waals surface area contributed by atoms with Crippen LogP contribution in [0.2, 0.25) is 0 Å². The average Bonchev–Trinajstić information content (AvgIpc) is 3.05. The summed E-state index contributed by atoms with van der Waals surface area (Å²) in [6.45, 7) is 4.35. The Labute approximate surface area is 184 Å². The van der Waals surface area contributed by atoms with Gasteiger partial charge >= 0.3 is 0 Å². The number of halogens is 1. The van der Waals surface area contributed by atoms with Gasteiger partial charge in [-0.1, -0.05) is 39.7 Å². The van der Waals surface area contributed by atoms with Crippen LogP contribution in [-0.4, -0.2) is 34.7 Å². The van der Waals surface area contributed by atoms with Gasteiger partial charge < -0.3 is 4.57 Å². The normalized spacial score (nSPS) is 18.7. The Morgan fingerprint density at radius 1 is 1.27 bits per heavy atom. The molecule has 1 N–H and O–H groups in total. The van der Waals surface area contributed by atoms with E-state index in [1.54, 1.807) is 6.21 Å². The minimum absolute atomic E-state index is 0.0613. The van der Waals surface area contributed by atoms with Gasteiger partial charge in [-0.25, -0.2) is 5.43 Å². The lowest BCUT2D eigenvalue weighted by Crippen LogP contribution is -2.44. The fourth-order valence-electron chi connectivity index (χ4n) is 4.97. The van der Waals surface area contributed by atoms with Gasteiger partial charge in [0.25, 0.3) is 5.91 Å². The number of carbonyl (C=O) groups is 1. The van der Waals surface area contributed by atoms with Gasteiger partial charge in [0.05, 0.1) is 18.8 Å². The van der Waals surface area contributed by atoms with Gasteiger partial charge in [0.2, 0.25) is 0 Å². The number of rotatable bonds is 4. The molecule has 154 valence electrons. The second kappa shape index (κ2) is 8.00. The number of amides is 1. The number of hydrogen-bond donors (Lipinski definition) is 1. The van der Waals surface area contributed by atoms with Crippen molar-refractivity contribution >= 4 is 39.0 Å². The molecule has 2 heterocycles. The molecular formula is C24H25BrN4O. The van der Waals surface area contributed by atoms with Crippen molar-refractivity contribution < 1.29 is 4.79 Å². The molecule has 1 aliphatic carbocycles. The Morgan fingerprint density at radius 3 is 3.03 bits per heavy atom. The number of aromatic nitrogens is 1. The first-order chi connectivity index (χ1) is 14.6. The lowest BCUT2D eigenvalue weighted by Gasteiger charge is -2.39. The highest BCUT2D eigenvalue weighted by Gasteiger charge is 2.35. The summed E-state index contributed by atoms with van der Waals surface area (Å²) in [5.41, 5.74) is 9.22. The van der Waals surface area contributed by atoms with Crippen LogP contribution in [0.3, 0.4) is 0 Å². The van der Waals surface area contributed by atoms with Crippen LogP contribution in [0.15, 0.2) is 52.0 Å². The van der Waals surface area contributed by atoms with Crippen LogP contribution >= 0.6 is 15.9 Å². The zero-order chi connectivity index (χ0) is 20.7. The maximum Gasteiger partial charge on any atom is 0.254 e. The molecule has 5 nitrogen and oxygen atoms in total. The van der Waals surface area contributed by atoms with Crippen LogP contribution in [-0.2, 0) is 17.8 Å². The highest BCUT2D eigenvalue weighted by atomic mass is 79.9. The second-order valence-corrected chi connectivity index (χ2v) is 9.18. The number of nitrogens with zero attached hydrogens (tertiary/aromatic N) is 3. The molecule has 0 radical (unpaired) electrons. The van der Waals surface area contributed by atoms with Crippen LogP contribution in [0.1, 0.15) is 41.3 Å². The third-order valence-corrected chi connectivity index (χ3v) is 6.73. The Balaban J connectivity index is 1.33. The predicted octanol–water partition coefficient (Wildman–Crippen LogP) is 4.56. The standard InChI is InChI=1S/C24H25BrN4O/c1-16-8-9-21-20(12-16)19-6-3-7-22-24(19)29(21)11-10-28(22)15-23(30)27-26-14-17-4-2-5-18(25)13-17/h2,4-5,8-9,12-14,22H,3,6-7,10-11,15H2,1H3,(H,27,30)/b26-14-/t22-/m0/s1. The first-order valence-electron chi connectivity index (χ1n) is 10.5. The molecule has 0 bridgehead atoms. The van der Waals surface area contributed by atoms with E-state index in [1.165, 1.54) is 34.1 Å². The van der Waals surface area contributed by atoms with E-state index in [2.05, 4.69) is 61.0 Å². The highest BCUT2D eigenvalue weighted by Crippen LogP contribution is 2.42. The van der Waals surface area contributed by atoms with E-state index in [0.717, 1.165) is 36.0 Å². The van der Waals surface area contributed by atoms with Gasteiger partial charge in [-0.05, 0) is 61.6 Å². The lowest BCUT2D eigenvalue weighted by atomic mass is 9.89. The third kappa shape index (κ3) is 3.59. The molecule has 3 aromatic rings. The smallest absolute Gasteiger partial charge is 0.254 e. The molecule has 1 aliphatic heterocycles. The van der Waals surface area contributed by atoms with E-state index in [0.29, 0.717) is 12.6 Å². The molecule has 0 spiro atoms. The molecular weight excluding hydrogens is 440 g/mol. The molecule has 0 fully saturated rings. The van der Waals surface area contributed by atoms with Gasteiger partial charge in [0.15, 0.2) is 0 Å². The largest absolute Gasteiger partial charge is 0.342 e. The highest BCUT2D eigenvalue weighted by molar-refractivity contribution is 9.10. The number of carbonyl (C=O) groups excluding carboxylic acids is 1. The summed E-state index contributed by atoms with van der Waals surface area (Å²) in [4.78, 5) is 14.9. The molecule has 0 saturated heterocycles. The fraction of sp³-hybridized carbons (Fsp3) is 0.333. The van der Waals surface area contributed by atoms with E-state index >= 15 is 0 Å². The third-order valence-electron chi connectivity index (χ3n) is 6.24. The monoisotopic (exact) mass is 464 g/mol. The number of benzene rings is 2. The van der Waals surface area contributed by atoms with E-state index in [-0.39, 0.29) is 5.91 Å². The topological polar surface area (TPSA) is 49.6 Å². The summed E-state index contributed by atoms with van der Waals surface area (Å²) in [5, 5.41) is 5.54. The van der Waals surface area contributed by atoms with Crippen molar-refractivity contribution in [3.8, 4) is 0 Å². The van der Waals surface area contributed by atoms with Crippen molar-refractivity contribution in [1.82, 2.24) is 14.9 Å². The SMILES string of the molecule is Cc1ccc2c(c1)c1c3n2CCN(CC(=O)N/N=C\c2cccc(Br)c2)[C@H]3CCC1. The Hall–Kier alpha value is -2.44. The van der Waals surface area contributed by atoms with Gasteiger partial charge in [-0.3, -0.25) is 9.69 Å². The maximum absolute atomic E-state index is 12.6. The first kappa shape index (κ1) is 19.5. The molecule has 6 heteroatoms. The summed E-state index contributed by atoms with van der Waals surface area (Å²) in [5.74, 6) is -0.0613. The molecule has 5 rings (SSSR count). The number of aryl methyl sites for hydroxylation is 2. The van der Waals surface area contributed by atoms with Gasteiger partial charge in [-0.2, -0.15) is 5.10 Å². The van der Waals surface area contributed by atoms with Gasteiger partial charge in [0, 0.05) is 34.2 Å². The molecule has 1 aromatic heterocycles. The zero-order valence-electron chi connectivity index (χ0n) is 17.1. The van der Waals surface area contributed by atoms with Crippen molar-refractivity contribution in [1.29, 1.82) is 0 Å². The van der Waals surface area contributed by atoms with Crippen molar-refractivity contribution in [3.63, 3.8) is 0 Å². The minimum atomic E-state index is -0.0613. The first-order valence-corrected chi connectivity index (χ1v) is 11.3. The maximum atomic E-state index is 12.6. The summed E-state index contributed by atoms with van der Waals surface area (Å²) >= 11 is 3.45. The summed E-state index contributed by atoms with van der Waals surface area (Å²) in [7, 11) is 0. The number of hydrogen-bond acceptors (Lipinski definition) is 3. The Kier molecular flexibility index (Phi) is 5.21. The quantitative estimate of drug-likeness (QED) is 0.454. The van der Waals surface area contributed by atoms with Crippen molar-refractivity contribution in [2.24, 2.45) is 5.10 Å². The summed E-state index contributed by atoms with van der Waals surface area (Å²) < 4.78 is 3.48. The fourth-order valence-corrected chi connectivity index (χ4v) is 5.38. The van der Waals surface area contributed by atoms with Gasteiger partial charge in [0.1, 0.15) is 0 Å². The number of hydrazone groups is 1. The summed E-state index contributed by atoms with van der Waals surface area (Å²) in [6, 6.07) is 14.9. The molecule has 2 aliphatic rings. The van der Waals surface area contributed by atoms with Crippen LogP contribution in [0.4, 0.5) is 0 Å². The van der Waals surface area contributed by atoms with E-state index in [9.17, 15) is 4.79 Å². The minimum Gasteiger partial charge on any atom is -0.342 e. The molecule has 1 atom stereocenters. The van der Waals surface area contributed by atoms with E-state index < -0.39 is 0 Å².